The van der Waals surface area contributed by atoms with Crippen molar-refractivity contribution in [1.29, 1.82) is 0 Å². The minimum absolute atomic E-state index is 0. The van der Waals surface area contributed by atoms with Gasteiger partial charge in [0.2, 0.25) is 0 Å². The van der Waals surface area contributed by atoms with Crippen LogP contribution in [0.1, 0.15) is 99.4 Å². The van der Waals surface area contributed by atoms with Gasteiger partial charge in [0.05, 0.1) is 80.8 Å². The largest absolute Gasteiger partial charge is 2.00 e. The number of aryl methyl sites for hydroxylation is 4. The molecule has 8 aromatic carbocycles. The topological polar surface area (TPSA) is 218 Å². The zero-order valence-electron chi connectivity index (χ0n) is 68.2. The Labute approximate surface area is 751 Å². The smallest absolute Gasteiger partial charge is 1.00 e. The summed E-state index contributed by atoms with van der Waals surface area (Å²) in [6, 6.07) is 91.2. The molecule has 1 aliphatic heterocycles. The van der Waals surface area contributed by atoms with Crippen LogP contribution in [0.25, 0.3) is 22.8 Å². The third kappa shape index (κ3) is 25.6. The first-order chi connectivity index (χ1) is 59.0. The van der Waals surface area contributed by atoms with E-state index in [0.717, 1.165) is 102 Å². The molecule has 4 bridgehead atoms. The normalized spacial score (nSPS) is 15.7. The number of pyridine rings is 4. The quantitative estimate of drug-likeness (QED) is 0.0320. The van der Waals surface area contributed by atoms with Crippen molar-refractivity contribution in [3.8, 4) is 70.5 Å². The van der Waals surface area contributed by atoms with Crippen LogP contribution in [0, 0.1) is 66.2 Å². The zero-order valence-corrected chi connectivity index (χ0v) is 72.0. The van der Waals surface area contributed by atoms with Crippen molar-refractivity contribution in [2.75, 3.05) is 26.4 Å². The standard InChI is InChI=1S/C26H30N8O5.2C25H20OP.C20H18N2O2.CH4.BF3.2Cu.FH/c1-15-3-5-21-23(27-15)24-22(6-4-16(2)28-24)26-25(21)38-12-17-7-33(31-29-17)9-19(36)14-37-20(11-35)10-34-8-18(13-39-26)30-32-34;2*1-20-12-8-9-17-23(20)26-24-18-10-11-19-25(24)27(21-13-4-2-5-14-21)22-15-6-3-7-16-22;1-5-11-23-19-15-9-7-13(3)21-17(15)18-16(10-8-14(4)22-18)20(19)24-12-6-2;;2-1(3)4;;;/h3-8,19-20,25-26,35-36H,9-14H2,1-2H3;2*2-19H,1H2;1-2,7-10,19-20H,11-12H2,3-4H3;1H4;;;;1H/q;2*-1;;;;2*+2;/p+1. The van der Waals surface area contributed by atoms with E-state index >= 15 is 0 Å². The number of halogens is 4. The minimum Gasteiger partial charge on any atom is -1.00 e. The summed E-state index contributed by atoms with van der Waals surface area (Å²) in [5, 5.41) is 44.8. The molecule has 19 nitrogen and oxygen atoms in total. The van der Waals surface area contributed by atoms with Crippen LogP contribution in [0.5, 0.6) is 23.0 Å². The van der Waals surface area contributed by atoms with Crippen molar-refractivity contribution in [2.24, 2.45) is 0 Å². The van der Waals surface area contributed by atoms with Gasteiger partial charge in [-0.1, -0.05) is 175 Å². The number of aliphatic hydroxyl groups is 2. The first-order valence-corrected chi connectivity index (χ1v) is 42.2. The number of fused-ring (bicyclic) bond motifs is 13. The van der Waals surface area contributed by atoms with E-state index in [1.165, 1.54) is 31.8 Å². The summed E-state index contributed by atoms with van der Waals surface area (Å²) in [4.78, 5) is 19.0. The summed E-state index contributed by atoms with van der Waals surface area (Å²) < 4.78 is 75.2. The van der Waals surface area contributed by atoms with Crippen molar-refractivity contribution in [3.63, 3.8) is 0 Å². The van der Waals surface area contributed by atoms with Gasteiger partial charge in [-0.3, -0.25) is 32.9 Å². The van der Waals surface area contributed by atoms with Gasteiger partial charge in [0.1, 0.15) is 103 Å². The Morgan fingerprint density at radius 3 is 1.10 bits per heavy atom. The molecule has 6 atom stereocenters. The van der Waals surface area contributed by atoms with Gasteiger partial charge in [0, 0.05) is 56.5 Å². The van der Waals surface area contributed by atoms with E-state index in [1.807, 2.05) is 137 Å². The second kappa shape index (κ2) is 48.1. The molecule has 2 N–H and O–H groups in total. The fourth-order valence-electron chi connectivity index (χ4n) is 14.2. The zero-order chi connectivity index (χ0) is 84.6. The fraction of sp³-hybridized carbons (Fsp3) is 0.196. The summed E-state index contributed by atoms with van der Waals surface area (Å²) in [5.41, 5.74) is 13.4. The van der Waals surface area contributed by atoms with E-state index in [4.69, 9.17) is 56.0 Å². The van der Waals surface area contributed by atoms with Crippen LogP contribution in [0.4, 0.5) is 12.9 Å². The van der Waals surface area contributed by atoms with E-state index in [2.05, 4.69) is 214 Å². The third-order valence-electron chi connectivity index (χ3n) is 19.6. The number of aromatic nitrogens is 10. The maximum absolute atomic E-state index is 10.5. The monoisotopic (exact) mass is 1820 g/mol. The molecule has 6 unspecified atom stereocenters. The van der Waals surface area contributed by atoms with Crippen LogP contribution >= 0.6 is 15.8 Å². The van der Waals surface area contributed by atoms with Crippen molar-refractivity contribution in [1.82, 2.24) is 49.9 Å². The maximum Gasteiger partial charge on any atom is 2.00 e. The number of aliphatic hydroxyl groups excluding tert-OH is 2. The molecular formula is C97H94BCu2F4N10O9P2+3. The number of ether oxygens (including phenoxy) is 7. The van der Waals surface area contributed by atoms with Crippen LogP contribution < -0.4 is 46.0 Å². The molecule has 6 aromatic heterocycles. The number of rotatable bonds is 15. The van der Waals surface area contributed by atoms with Crippen molar-refractivity contribution in [3.05, 3.63) is 361 Å². The van der Waals surface area contributed by atoms with Gasteiger partial charge in [-0.05, 0) is 125 Å². The van der Waals surface area contributed by atoms with Crippen LogP contribution in [-0.4, -0.2) is 106 Å². The predicted octanol–water partition coefficient (Wildman–Crippen LogP) is 13.2. The molecule has 0 saturated carbocycles. The van der Waals surface area contributed by atoms with Gasteiger partial charge in [0.25, 0.3) is 0 Å². The Hall–Kier alpha value is -11.5. The first kappa shape index (κ1) is 97.3. The van der Waals surface area contributed by atoms with Crippen LogP contribution in [0.15, 0.2) is 279 Å². The molecule has 17 rings (SSSR count). The number of para-hydroxylation sites is 4. The molecule has 2 radical (unpaired) electrons. The number of terminal acetylenes is 2. The van der Waals surface area contributed by atoms with Crippen LogP contribution in [0.2, 0.25) is 0 Å². The molecule has 0 saturated heterocycles. The van der Waals surface area contributed by atoms with Crippen molar-refractivity contribution >= 4 is 55.2 Å². The van der Waals surface area contributed by atoms with Gasteiger partial charge in [-0.2, -0.15) is 37.1 Å². The molecule has 125 heavy (non-hydrogen) atoms. The second-order valence-corrected chi connectivity index (χ2v) is 33.3. The summed E-state index contributed by atoms with van der Waals surface area (Å²) in [6.07, 6.45) is 11.1. The Kier molecular flexibility index (Phi) is 37.5. The maximum atomic E-state index is 10.5. The number of nitrogens with zero attached hydrogens (tertiary/aromatic N) is 10. The molecule has 2 aliphatic carbocycles. The third-order valence-corrected chi connectivity index (χ3v) is 25.2. The molecule has 28 heteroatoms. The van der Waals surface area contributed by atoms with Crippen molar-refractivity contribution < 1.29 is 95.2 Å². The average Bonchev–Trinajstić information content (AvgIpc) is 1.15. The first-order valence-electron chi connectivity index (χ1n) is 39.2. The fourth-order valence-corrected chi connectivity index (χ4v) is 19.5. The Bertz CT molecular complexity index is 5510. The second-order valence-electron chi connectivity index (χ2n) is 28.4. The molecule has 7 heterocycles. The van der Waals surface area contributed by atoms with Gasteiger partial charge in [-0.25, -0.2) is 9.36 Å². The number of benzene rings is 8. The summed E-state index contributed by atoms with van der Waals surface area (Å²) in [5.74, 6) is 8.42. The predicted molar refractivity (Wildman–Crippen MR) is 478 cm³/mol. The average molecular weight is 1820 g/mol. The van der Waals surface area contributed by atoms with E-state index in [-0.39, 0.29) is 111 Å². The van der Waals surface area contributed by atoms with E-state index in [9.17, 15) is 23.2 Å². The van der Waals surface area contributed by atoms with E-state index < -0.39 is 47.8 Å². The Morgan fingerprint density at radius 2 is 0.760 bits per heavy atom. The Morgan fingerprint density at radius 1 is 0.448 bits per heavy atom. The number of hydrogen-bond acceptors (Lipinski definition) is 17. The van der Waals surface area contributed by atoms with Crippen molar-refractivity contribution in [2.45, 2.75) is 98.0 Å². The van der Waals surface area contributed by atoms with Gasteiger partial charge in [0.15, 0.2) is 11.5 Å². The molecule has 646 valence electrons. The number of hydrogen-bond donors (Lipinski definition) is 2. The molecule has 14 aromatic rings. The molecule has 0 spiro atoms. The molecular weight excluding hydrogens is 1720 g/mol. The molecule has 0 amide bonds. The molecule has 0 fully saturated rings. The van der Waals surface area contributed by atoms with Gasteiger partial charge >= 0.3 is 41.7 Å². The summed E-state index contributed by atoms with van der Waals surface area (Å²) >= 11 is 0. The summed E-state index contributed by atoms with van der Waals surface area (Å²) in [7, 11) is -6.04. The summed E-state index contributed by atoms with van der Waals surface area (Å²) in [6.45, 7) is 16.9. The van der Waals surface area contributed by atoms with Gasteiger partial charge in [-0.15, -0.1) is 35.2 Å². The SMILES string of the molecule is C.C#CCOC1c2ccc(C)nc2-c2nc(C)ccc2C1OCC#C.Cc1ccc2c(n1)-c1nc(C)ccc1C1OCc3cn(nn3)CC(CO)OCC(O)Cn3cc(nn3)COC21.FB(F)F.[CH2-]c1ccccc1Oc1ccccc1[PH+](c1ccccc1)c1ccccc1.[CH2-]c1ccccc1Oc1ccccc1[PH+](c1ccccc1)c1ccccc1.[Cu+2].[Cu+2].[F-]. The van der Waals surface area contributed by atoms with Crippen LogP contribution in [-0.2, 0) is 84.1 Å². The Balaban J connectivity index is 0.000000187. The van der Waals surface area contributed by atoms with E-state index in [1.54, 1.807) is 21.8 Å². The van der Waals surface area contributed by atoms with Gasteiger partial charge < -0.3 is 48.1 Å². The molecule has 3 aliphatic rings. The van der Waals surface area contributed by atoms with Crippen LogP contribution in [0.3, 0.4) is 0 Å². The minimum atomic E-state index is -3.67. The van der Waals surface area contributed by atoms with E-state index in [0.29, 0.717) is 11.4 Å².